The Kier molecular flexibility index (Phi) is 4.16. The fraction of sp³-hybridized carbons (Fsp3) is 0.750. The molecule has 1 aliphatic rings. The van der Waals surface area contributed by atoms with Gasteiger partial charge in [0.15, 0.2) is 0 Å². The quantitative estimate of drug-likeness (QED) is 0.717. The maximum Gasteiger partial charge on any atom is 0.310 e. The van der Waals surface area contributed by atoms with Gasteiger partial charge < -0.3 is 10.0 Å². The van der Waals surface area contributed by atoms with Crippen molar-refractivity contribution in [3.8, 4) is 11.8 Å². The van der Waals surface area contributed by atoms with Gasteiger partial charge in [0.25, 0.3) is 0 Å². The Morgan fingerprint density at radius 1 is 1.60 bits per heavy atom. The Hall–Kier alpha value is -1.01. The van der Waals surface area contributed by atoms with Crippen LogP contribution in [0.5, 0.6) is 0 Å². The van der Waals surface area contributed by atoms with Crippen molar-refractivity contribution < 1.29 is 9.90 Å². The molecule has 0 amide bonds. The average Bonchev–Trinajstić information content (AvgIpc) is 2.18. The predicted octanol–water partition coefficient (Wildman–Crippen LogP) is 1.59. The molecule has 3 heteroatoms. The van der Waals surface area contributed by atoms with E-state index in [0.29, 0.717) is 6.54 Å². The minimum absolute atomic E-state index is 0.558. The van der Waals surface area contributed by atoms with Crippen LogP contribution in [0.15, 0.2) is 0 Å². The largest absolute Gasteiger partial charge is 0.481 e. The number of nitrogens with zero attached hydrogens (tertiary/aromatic N) is 1. The molecule has 1 rings (SSSR count). The Morgan fingerprint density at radius 2 is 2.33 bits per heavy atom. The van der Waals surface area contributed by atoms with E-state index in [4.69, 9.17) is 5.11 Å². The minimum Gasteiger partial charge on any atom is -0.481 e. The maximum absolute atomic E-state index is 11.1. The molecule has 0 spiro atoms. The van der Waals surface area contributed by atoms with E-state index >= 15 is 0 Å². The Bertz CT molecular complexity index is 290. The van der Waals surface area contributed by atoms with Crippen LogP contribution in [0.25, 0.3) is 0 Å². The highest BCUT2D eigenvalue weighted by atomic mass is 16.4. The topological polar surface area (TPSA) is 40.5 Å². The van der Waals surface area contributed by atoms with Gasteiger partial charge in [-0.15, -0.1) is 11.8 Å². The summed E-state index contributed by atoms with van der Waals surface area (Å²) in [4.78, 5) is 13.3. The fourth-order valence-electron chi connectivity index (χ4n) is 2.05. The molecule has 1 unspecified atom stereocenters. The van der Waals surface area contributed by atoms with Gasteiger partial charge in [-0.2, -0.15) is 0 Å². The third-order valence-electron chi connectivity index (χ3n) is 3.02. The second-order valence-electron chi connectivity index (χ2n) is 4.42. The van der Waals surface area contributed by atoms with Crippen molar-refractivity contribution in [2.24, 2.45) is 5.41 Å². The van der Waals surface area contributed by atoms with Gasteiger partial charge in [-0.05, 0) is 33.2 Å². The van der Waals surface area contributed by atoms with E-state index < -0.39 is 11.4 Å². The number of hydrogen-bond donors (Lipinski definition) is 1. The lowest BCUT2D eigenvalue weighted by molar-refractivity contribution is -0.151. The lowest BCUT2D eigenvalue weighted by atomic mass is 9.82. The van der Waals surface area contributed by atoms with Gasteiger partial charge >= 0.3 is 5.97 Å². The number of likely N-dealkylation sites (tertiary alicyclic amines) is 1. The summed E-state index contributed by atoms with van der Waals surface area (Å²) in [5.74, 6) is 5.20. The summed E-state index contributed by atoms with van der Waals surface area (Å²) >= 11 is 0. The Labute approximate surface area is 91.5 Å². The molecule has 3 nitrogen and oxygen atoms in total. The summed E-state index contributed by atoms with van der Waals surface area (Å²) in [7, 11) is 0. The molecule has 1 heterocycles. The van der Waals surface area contributed by atoms with Crippen LogP contribution in [0, 0.1) is 17.3 Å². The van der Waals surface area contributed by atoms with Gasteiger partial charge in [-0.25, -0.2) is 0 Å². The number of carbonyl (C=O) groups is 1. The molecule has 0 aromatic carbocycles. The Morgan fingerprint density at radius 3 is 2.93 bits per heavy atom. The van der Waals surface area contributed by atoms with Crippen molar-refractivity contribution in [2.75, 3.05) is 19.6 Å². The van der Waals surface area contributed by atoms with Crippen molar-refractivity contribution in [3.05, 3.63) is 0 Å². The van der Waals surface area contributed by atoms with Crippen LogP contribution in [-0.4, -0.2) is 35.6 Å². The van der Waals surface area contributed by atoms with Crippen LogP contribution >= 0.6 is 0 Å². The van der Waals surface area contributed by atoms with Crippen LogP contribution in [-0.2, 0) is 4.79 Å². The normalized spacial score (nSPS) is 26.8. The van der Waals surface area contributed by atoms with Gasteiger partial charge in [-0.1, -0.05) is 0 Å². The fourth-order valence-corrected chi connectivity index (χ4v) is 2.05. The van der Waals surface area contributed by atoms with Crippen molar-refractivity contribution in [1.29, 1.82) is 0 Å². The standard InChI is InChI=1S/C12H19NO2/c1-3-4-5-8-13-9-6-7-12(2,10-13)11(14)15/h5-10H2,1-2H3,(H,14,15). The first kappa shape index (κ1) is 12.1. The highest BCUT2D eigenvalue weighted by Gasteiger charge is 2.37. The highest BCUT2D eigenvalue weighted by Crippen LogP contribution is 2.29. The monoisotopic (exact) mass is 209 g/mol. The first-order valence-corrected chi connectivity index (χ1v) is 5.44. The number of carboxylic acids is 1. The van der Waals surface area contributed by atoms with E-state index in [1.165, 1.54) is 0 Å². The molecule has 0 aromatic heterocycles. The van der Waals surface area contributed by atoms with E-state index in [9.17, 15) is 4.79 Å². The molecule has 0 aliphatic carbocycles. The molecule has 1 atom stereocenters. The summed E-state index contributed by atoms with van der Waals surface area (Å²) in [5, 5.41) is 9.13. The molecule has 1 saturated heterocycles. The van der Waals surface area contributed by atoms with Crippen LogP contribution in [0.1, 0.15) is 33.1 Å². The van der Waals surface area contributed by atoms with Gasteiger partial charge in [0.1, 0.15) is 0 Å². The predicted molar refractivity (Wildman–Crippen MR) is 59.5 cm³/mol. The second-order valence-corrected chi connectivity index (χ2v) is 4.42. The van der Waals surface area contributed by atoms with Crippen LogP contribution in [0.3, 0.4) is 0 Å². The van der Waals surface area contributed by atoms with Gasteiger partial charge in [0, 0.05) is 19.5 Å². The molecule has 0 saturated carbocycles. The minimum atomic E-state index is -0.672. The maximum atomic E-state index is 11.1. The number of carboxylic acid groups (broad SMARTS) is 1. The lowest BCUT2D eigenvalue weighted by Gasteiger charge is -2.37. The first-order valence-electron chi connectivity index (χ1n) is 5.44. The van der Waals surface area contributed by atoms with Crippen LogP contribution in [0.2, 0.25) is 0 Å². The van der Waals surface area contributed by atoms with E-state index in [-0.39, 0.29) is 0 Å². The summed E-state index contributed by atoms with van der Waals surface area (Å²) < 4.78 is 0. The average molecular weight is 209 g/mol. The number of hydrogen-bond acceptors (Lipinski definition) is 2. The highest BCUT2D eigenvalue weighted by molar-refractivity contribution is 5.74. The van der Waals surface area contributed by atoms with Crippen molar-refractivity contribution in [2.45, 2.75) is 33.1 Å². The summed E-state index contributed by atoms with van der Waals surface area (Å²) in [5.41, 5.74) is -0.558. The van der Waals surface area contributed by atoms with Gasteiger partial charge in [-0.3, -0.25) is 4.79 Å². The third kappa shape index (κ3) is 3.24. The first-order chi connectivity index (χ1) is 7.08. The molecular formula is C12H19NO2. The van der Waals surface area contributed by atoms with Crippen molar-refractivity contribution >= 4 is 5.97 Å². The number of rotatable bonds is 3. The molecule has 84 valence electrons. The van der Waals surface area contributed by atoms with E-state index in [1.807, 2.05) is 13.8 Å². The summed E-state index contributed by atoms with van der Waals surface area (Å²) in [6, 6.07) is 0. The van der Waals surface area contributed by atoms with Gasteiger partial charge in [0.05, 0.1) is 5.41 Å². The smallest absolute Gasteiger partial charge is 0.310 e. The second kappa shape index (κ2) is 5.18. The van der Waals surface area contributed by atoms with Crippen LogP contribution < -0.4 is 0 Å². The molecule has 15 heavy (non-hydrogen) atoms. The molecular weight excluding hydrogens is 190 g/mol. The molecule has 1 fully saturated rings. The van der Waals surface area contributed by atoms with Crippen molar-refractivity contribution in [1.82, 2.24) is 4.90 Å². The molecule has 1 N–H and O–H groups in total. The molecule has 0 aromatic rings. The zero-order valence-corrected chi connectivity index (χ0v) is 9.55. The number of aliphatic carboxylic acids is 1. The van der Waals surface area contributed by atoms with Gasteiger partial charge in [0.2, 0.25) is 0 Å². The SMILES string of the molecule is CC#CCCN1CCCC(C)(C(=O)O)C1. The zero-order chi connectivity index (χ0) is 11.3. The third-order valence-corrected chi connectivity index (χ3v) is 3.02. The summed E-state index contributed by atoms with van der Waals surface area (Å²) in [6.45, 7) is 6.23. The van der Waals surface area contributed by atoms with Crippen molar-refractivity contribution in [3.63, 3.8) is 0 Å². The van der Waals surface area contributed by atoms with Crippen LogP contribution in [0.4, 0.5) is 0 Å². The Balaban J connectivity index is 2.47. The molecule has 0 bridgehead atoms. The molecule has 0 radical (unpaired) electrons. The van der Waals surface area contributed by atoms with E-state index in [1.54, 1.807) is 0 Å². The summed E-state index contributed by atoms with van der Waals surface area (Å²) in [6.07, 6.45) is 2.60. The molecule has 1 aliphatic heterocycles. The van der Waals surface area contributed by atoms with E-state index in [2.05, 4.69) is 16.7 Å². The number of piperidine rings is 1. The lowest BCUT2D eigenvalue weighted by Crippen LogP contribution is -2.46. The van der Waals surface area contributed by atoms with E-state index in [0.717, 1.165) is 32.4 Å². The zero-order valence-electron chi connectivity index (χ0n) is 9.55.